The van der Waals surface area contributed by atoms with Gasteiger partial charge in [-0.05, 0) is 116 Å². The number of phosphoric ester groups is 1. The van der Waals surface area contributed by atoms with Gasteiger partial charge in [-0.15, -0.1) is 0 Å². The molecule has 69 heavy (non-hydrogen) atoms. The third-order valence-electron chi connectivity index (χ3n) is 9.91. The smallest absolute Gasteiger partial charge is 0.462 e. The van der Waals surface area contributed by atoms with Crippen LogP contribution in [-0.2, 0) is 32.7 Å². The van der Waals surface area contributed by atoms with Crippen molar-refractivity contribution >= 4 is 19.8 Å². The lowest BCUT2D eigenvalue weighted by molar-refractivity contribution is -0.161. The molecule has 0 aliphatic carbocycles. The van der Waals surface area contributed by atoms with Gasteiger partial charge in [-0.25, -0.2) is 4.57 Å². The lowest BCUT2D eigenvalue weighted by atomic mass is 10.1. The number of phosphoric acid groups is 1. The molecule has 0 aliphatic heterocycles. The Labute approximate surface area is 419 Å². The van der Waals surface area contributed by atoms with Crippen molar-refractivity contribution in [2.75, 3.05) is 26.4 Å². The molecule has 0 aromatic rings. The van der Waals surface area contributed by atoms with E-state index in [9.17, 15) is 19.0 Å². The Bertz CT molecular complexity index is 1680. The molecule has 0 amide bonds. The molecule has 0 rings (SSSR count). The molecule has 0 heterocycles. The number of carbonyl (C=O) groups excluding carboxylic acids is 2. The van der Waals surface area contributed by atoms with Crippen LogP contribution in [0.5, 0.6) is 0 Å². The Morgan fingerprint density at radius 2 is 0.768 bits per heavy atom. The van der Waals surface area contributed by atoms with Gasteiger partial charge >= 0.3 is 19.8 Å². The lowest BCUT2D eigenvalue weighted by Crippen LogP contribution is -2.29. The minimum absolute atomic E-state index is 0.0318. The van der Waals surface area contributed by atoms with E-state index in [1.807, 2.05) is 6.08 Å². The summed E-state index contributed by atoms with van der Waals surface area (Å²) < 4.78 is 32.9. The van der Waals surface area contributed by atoms with Gasteiger partial charge in [0.05, 0.1) is 13.2 Å². The summed E-state index contributed by atoms with van der Waals surface area (Å²) in [5.74, 6) is -0.932. The summed E-state index contributed by atoms with van der Waals surface area (Å²) >= 11 is 0. The van der Waals surface area contributed by atoms with Crippen LogP contribution in [0.1, 0.15) is 168 Å². The summed E-state index contributed by atoms with van der Waals surface area (Å²) in [6.45, 7) is 3.39. The van der Waals surface area contributed by atoms with E-state index in [1.165, 1.54) is 0 Å². The van der Waals surface area contributed by atoms with Crippen molar-refractivity contribution in [2.45, 2.75) is 174 Å². The number of esters is 2. The molecule has 2 unspecified atom stereocenters. The fraction of sp³-hybridized carbons (Fsp3) is 0.525. The monoisotopic (exact) mass is 974 g/mol. The predicted molar refractivity (Wildman–Crippen MR) is 293 cm³/mol. The molecule has 3 N–H and O–H groups in total. The van der Waals surface area contributed by atoms with Crippen molar-refractivity contribution in [1.82, 2.24) is 0 Å². The van der Waals surface area contributed by atoms with E-state index >= 15 is 0 Å². The van der Waals surface area contributed by atoms with Crippen LogP contribution in [0.2, 0.25) is 0 Å². The number of allylic oxidation sites excluding steroid dienone is 26. The molecule has 0 radical (unpaired) electrons. The van der Waals surface area contributed by atoms with Crippen molar-refractivity contribution in [2.24, 2.45) is 5.73 Å². The van der Waals surface area contributed by atoms with Crippen molar-refractivity contribution in [3.8, 4) is 0 Å². The second-order valence-electron chi connectivity index (χ2n) is 16.3. The summed E-state index contributed by atoms with van der Waals surface area (Å²) in [4.78, 5) is 35.1. The number of hydrogen-bond acceptors (Lipinski definition) is 8. The molecule has 0 saturated heterocycles. The maximum atomic E-state index is 12.6. The van der Waals surface area contributed by atoms with Crippen LogP contribution in [0.15, 0.2) is 158 Å². The van der Waals surface area contributed by atoms with Gasteiger partial charge in [-0.1, -0.05) is 198 Å². The van der Waals surface area contributed by atoms with Gasteiger partial charge in [0, 0.05) is 19.4 Å². The van der Waals surface area contributed by atoms with E-state index < -0.39 is 32.5 Å². The molecule has 386 valence electrons. The molecule has 0 spiro atoms. The van der Waals surface area contributed by atoms with Crippen molar-refractivity contribution in [3.63, 3.8) is 0 Å². The maximum absolute atomic E-state index is 12.6. The second-order valence-corrected chi connectivity index (χ2v) is 17.7. The number of carbonyl (C=O) groups is 2. The van der Waals surface area contributed by atoms with E-state index in [4.69, 9.17) is 24.3 Å². The highest BCUT2D eigenvalue weighted by Crippen LogP contribution is 2.43. The molecule has 10 heteroatoms. The Kier molecular flexibility index (Phi) is 49.6. The summed E-state index contributed by atoms with van der Waals surface area (Å²) in [6, 6.07) is 0. The normalized spacial score (nSPS) is 14.4. The average molecular weight is 974 g/mol. The summed E-state index contributed by atoms with van der Waals surface area (Å²) in [7, 11) is -4.42. The van der Waals surface area contributed by atoms with Crippen LogP contribution in [0.25, 0.3) is 0 Å². The molecule has 0 bridgehead atoms. The summed E-state index contributed by atoms with van der Waals surface area (Å²) in [5, 5.41) is 0. The van der Waals surface area contributed by atoms with Crippen LogP contribution < -0.4 is 5.73 Å². The number of hydrogen-bond donors (Lipinski definition) is 2. The minimum atomic E-state index is -4.42. The zero-order valence-corrected chi connectivity index (χ0v) is 43.6. The summed E-state index contributed by atoms with van der Waals surface area (Å²) in [6.07, 6.45) is 77.1. The third kappa shape index (κ3) is 52.8. The number of unbranched alkanes of at least 4 members (excludes halogenated alkanes) is 7. The van der Waals surface area contributed by atoms with Gasteiger partial charge in [-0.2, -0.15) is 0 Å². The molecule has 0 fully saturated rings. The zero-order valence-electron chi connectivity index (χ0n) is 42.7. The first-order valence-corrected chi connectivity index (χ1v) is 27.5. The SMILES string of the molecule is CC/C=C\C/C=C\C/C=C\C/C=C\C/C=C\C/C=C\C/C=C\CCCC(=O)OC(COC(=O)CCCCCCCC/C=C\C/C=C\C/C=C\C/C=C\C/C=C\C/C=C\CC)COP(=O)(O)OCCN. The van der Waals surface area contributed by atoms with E-state index in [0.717, 1.165) is 122 Å². The summed E-state index contributed by atoms with van der Waals surface area (Å²) in [5.41, 5.74) is 5.36. The van der Waals surface area contributed by atoms with E-state index in [1.54, 1.807) is 0 Å². The minimum Gasteiger partial charge on any atom is -0.462 e. The first-order valence-electron chi connectivity index (χ1n) is 26.0. The maximum Gasteiger partial charge on any atom is 0.472 e. The van der Waals surface area contributed by atoms with Crippen molar-refractivity contribution in [3.05, 3.63) is 158 Å². The Hall–Kier alpha value is -4.37. The Morgan fingerprint density at radius 1 is 0.435 bits per heavy atom. The number of ether oxygens (including phenoxy) is 2. The van der Waals surface area contributed by atoms with Gasteiger partial charge in [0.2, 0.25) is 0 Å². The molecule has 9 nitrogen and oxygen atoms in total. The van der Waals surface area contributed by atoms with Crippen molar-refractivity contribution in [1.29, 1.82) is 0 Å². The number of nitrogens with two attached hydrogens (primary N) is 1. The van der Waals surface area contributed by atoms with Crippen molar-refractivity contribution < 1.29 is 37.6 Å². The molecule has 2 atom stereocenters. The van der Waals surface area contributed by atoms with Crippen LogP contribution in [0.4, 0.5) is 0 Å². The third-order valence-corrected chi connectivity index (χ3v) is 10.9. The average Bonchev–Trinajstić information content (AvgIpc) is 3.34. The van der Waals surface area contributed by atoms with E-state index in [2.05, 4.69) is 166 Å². The highest BCUT2D eigenvalue weighted by molar-refractivity contribution is 7.47. The van der Waals surface area contributed by atoms with Gasteiger partial charge in [0.15, 0.2) is 6.10 Å². The van der Waals surface area contributed by atoms with E-state index in [0.29, 0.717) is 19.3 Å². The molecule has 0 aromatic carbocycles. The van der Waals surface area contributed by atoms with Crippen LogP contribution in [0.3, 0.4) is 0 Å². The number of rotatable bonds is 46. The van der Waals surface area contributed by atoms with Crippen LogP contribution >= 0.6 is 7.82 Å². The fourth-order valence-electron chi connectivity index (χ4n) is 6.15. The zero-order chi connectivity index (χ0) is 50.2. The van der Waals surface area contributed by atoms with Gasteiger partial charge in [0.1, 0.15) is 6.61 Å². The Morgan fingerprint density at radius 3 is 1.16 bits per heavy atom. The Balaban J connectivity index is 4.24. The van der Waals surface area contributed by atoms with Gasteiger partial charge < -0.3 is 20.1 Å². The van der Waals surface area contributed by atoms with Gasteiger partial charge in [0.25, 0.3) is 0 Å². The van der Waals surface area contributed by atoms with Crippen LogP contribution in [0, 0.1) is 0 Å². The first-order chi connectivity index (χ1) is 33.8. The molecule has 0 saturated carbocycles. The molecular formula is C59H92NO8P. The quantitative estimate of drug-likeness (QED) is 0.0265. The fourth-order valence-corrected chi connectivity index (χ4v) is 6.92. The van der Waals surface area contributed by atoms with Gasteiger partial charge in [-0.3, -0.25) is 18.6 Å². The topological polar surface area (TPSA) is 134 Å². The molecule has 0 aromatic heterocycles. The second kappa shape index (κ2) is 53.0. The van der Waals surface area contributed by atoms with Crippen LogP contribution in [-0.4, -0.2) is 49.3 Å². The highest BCUT2D eigenvalue weighted by atomic mass is 31.2. The standard InChI is InChI=1S/C59H92NO8P/c1-3-5-7-9-11-13-15-17-19-21-23-25-27-28-30-31-33-35-37-39-41-43-45-47-49-51-58(61)65-55-57(56-67-69(63,64)66-54-53-60)68-59(62)52-50-48-46-44-42-40-38-36-34-32-29-26-24-22-20-18-16-14-12-10-8-6-4-2/h5-8,11-14,17-20,23-26,28,30,32-35,38,40,44,46,57H,3-4,9-10,15-16,21-22,27,29,31,36-37,39,41-43,45,47-56,60H2,1-2H3,(H,63,64)/b7-5-,8-6-,13-11-,14-12-,19-17-,20-18-,25-23-,26-24-,30-28-,34-32-,35-33-,40-38-,46-44-. The highest BCUT2D eigenvalue weighted by Gasteiger charge is 2.26. The lowest BCUT2D eigenvalue weighted by Gasteiger charge is -2.19. The molecular weight excluding hydrogens is 882 g/mol. The first kappa shape index (κ1) is 64.6. The van der Waals surface area contributed by atoms with E-state index in [-0.39, 0.29) is 32.6 Å². The largest absolute Gasteiger partial charge is 0.472 e. The predicted octanol–water partition coefficient (Wildman–Crippen LogP) is 16.2. The molecule has 0 aliphatic rings.